The summed E-state index contributed by atoms with van der Waals surface area (Å²) in [5.41, 5.74) is 1.08. The van der Waals surface area contributed by atoms with Crippen LogP contribution in [0.15, 0.2) is 12.1 Å². The van der Waals surface area contributed by atoms with E-state index in [0.29, 0.717) is 10.0 Å². The Bertz CT molecular complexity index is 654. The molecular formula is C12H11N3O3S2. The summed E-state index contributed by atoms with van der Waals surface area (Å²) in [5, 5.41) is 13.9. The van der Waals surface area contributed by atoms with Crippen LogP contribution in [0.2, 0.25) is 0 Å². The van der Waals surface area contributed by atoms with Crippen molar-refractivity contribution in [1.29, 1.82) is 0 Å². The molecule has 1 aliphatic rings. The minimum Gasteiger partial charge on any atom is -0.297 e. The zero-order valence-corrected chi connectivity index (χ0v) is 12.1. The summed E-state index contributed by atoms with van der Waals surface area (Å²) in [6.45, 7) is 0. The molecule has 6 nitrogen and oxygen atoms in total. The Balaban J connectivity index is 1.74. The number of aryl methyl sites for hydroxylation is 2. The summed E-state index contributed by atoms with van der Waals surface area (Å²) in [4.78, 5) is 28.1. The van der Waals surface area contributed by atoms with Crippen LogP contribution in [0.5, 0.6) is 0 Å². The molecule has 1 aliphatic carbocycles. The third-order valence-electron chi connectivity index (χ3n) is 3.06. The van der Waals surface area contributed by atoms with Gasteiger partial charge in [0.2, 0.25) is 0 Å². The molecule has 0 spiro atoms. The van der Waals surface area contributed by atoms with Gasteiger partial charge >= 0.3 is 5.00 Å². The highest BCUT2D eigenvalue weighted by molar-refractivity contribution is 7.18. The number of carbonyl (C=O) groups excluding carboxylic acids is 1. The number of nitrogens with zero attached hydrogens (tertiary/aromatic N) is 2. The van der Waals surface area contributed by atoms with Gasteiger partial charge in [0.25, 0.3) is 5.91 Å². The van der Waals surface area contributed by atoms with E-state index in [1.54, 1.807) is 0 Å². The number of amides is 1. The van der Waals surface area contributed by atoms with Crippen molar-refractivity contribution in [2.45, 2.75) is 25.7 Å². The van der Waals surface area contributed by atoms with E-state index in [9.17, 15) is 14.9 Å². The van der Waals surface area contributed by atoms with Gasteiger partial charge in [-0.1, -0.05) is 11.3 Å². The lowest BCUT2D eigenvalue weighted by molar-refractivity contribution is -0.380. The number of rotatable bonds is 3. The standard InChI is InChI=1S/C12H11N3O3S2/c16-11(9-5-6-10(19-9)15(17)18)14-12-13-7-3-1-2-4-8(7)20-12/h5-6H,1-4H2,(H,13,14,16). The number of thiophene rings is 1. The second-order valence-electron chi connectivity index (χ2n) is 4.45. The maximum absolute atomic E-state index is 12.0. The van der Waals surface area contributed by atoms with E-state index >= 15 is 0 Å². The molecule has 3 rings (SSSR count). The van der Waals surface area contributed by atoms with Crippen LogP contribution >= 0.6 is 22.7 Å². The fourth-order valence-corrected chi connectivity index (χ4v) is 3.87. The van der Waals surface area contributed by atoms with Crippen LogP contribution in [-0.4, -0.2) is 15.8 Å². The van der Waals surface area contributed by atoms with Crippen molar-refractivity contribution >= 4 is 38.7 Å². The molecule has 104 valence electrons. The number of fused-ring (bicyclic) bond motifs is 1. The molecule has 1 amide bonds. The molecule has 0 fully saturated rings. The molecule has 0 aliphatic heterocycles. The number of nitrogens with one attached hydrogen (secondary N) is 1. The van der Waals surface area contributed by atoms with Crippen molar-refractivity contribution in [2.75, 3.05) is 5.32 Å². The highest BCUT2D eigenvalue weighted by Crippen LogP contribution is 2.30. The molecule has 2 aromatic rings. The van der Waals surface area contributed by atoms with Crippen LogP contribution in [0.4, 0.5) is 10.1 Å². The summed E-state index contributed by atoms with van der Waals surface area (Å²) in [6, 6.07) is 2.80. The summed E-state index contributed by atoms with van der Waals surface area (Å²) in [6.07, 6.45) is 4.29. The zero-order chi connectivity index (χ0) is 14.1. The van der Waals surface area contributed by atoms with Gasteiger partial charge in [-0.3, -0.25) is 20.2 Å². The van der Waals surface area contributed by atoms with Gasteiger partial charge in [0.05, 0.1) is 15.5 Å². The summed E-state index contributed by atoms with van der Waals surface area (Å²) < 4.78 is 0. The zero-order valence-electron chi connectivity index (χ0n) is 10.4. The third-order valence-corrected chi connectivity index (χ3v) is 5.17. The van der Waals surface area contributed by atoms with Crippen LogP contribution < -0.4 is 5.32 Å². The Morgan fingerprint density at radius 1 is 1.30 bits per heavy atom. The van der Waals surface area contributed by atoms with Crippen LogP contribution in [0.3, 0.4) is 0 Å². The minimum atomic E-state index is -0.496. The maximum atomic E-state index is 12.0. The number of hydrogen-bond acceptors (Lipinski definition) is 6. The van der Waals surface area contributed by atoms with E-state index < -0.39 is 4.92 Å². The monoisotopic (exact) mass is 309 g/mol. The number of carbonyl (C=O) groups is 1. The average molecular weight is 309 g/mol. The van der Waals surface area contributed by atoms with Crippen molar-refractivity contribution in [1.82, 2.24) is 4.98 Å². The number of nitro groups is 1. The highest BCUT2D eigenvalue weighted by atomic mass is 32.1. The number of anilines is 1. The van der Waals surface area contributed by atoms with Crippen LogP contribution in [-0.2, 0) is 12.8 Å². The molecule has 0 bridgehead atoms. The van der Waals surface area contributed by atoms with Crippen molar-refractivity contribution in [3.63, 3.8) is 0 Å². The second kappa shape index (κ2) is 5.29. The molecule has 0 saturated carbocycles. The molecule has 0 saturated heterocycles. The molecule has 2 heterocycles. The molecule has 0 radical (unpaired) electrons. The topological polar surface area (TPSA) is 85.1 Å². The first-order valence-electron chi connectivity index (χ1n) is 6.17. The first-order valence-corrected chi connectivity index (χ1v) is 7.81. The van der Waals surface area contributed by atoms with Crippen molar-refractivity contribution in [3.8, 4) is 0 Å². The minimum absolute atomic E-state index is 0.0337. The van der Waals surface area contributed by atoms with Crippen LogP contribution in [0.25, 0.3) is 0 Å². The van der Waals surface area contributed by atoms with E-state index in [4.69, 9.17) is 0 Å². The Kier molecular flexibility index (Phi) is 3.49. The first kappa shape index (κ1) is 13.2. The van der Waals surface area contributed by atoms with Gasteiger partial charge in [-0.05, 0) is 31.7 Å². The lowest BCUT2D eigenvalue weighted by Crippen LogP contribution is -2.09. The number of aromatic nitrogens is 1. The quantitative estimate of drug-likeness (QED) is 0.696. The fourth-order valence-electron chi connectivity index (χ4n) is 2.11. The number of hydrogen-bond donors (Lipinski definition) is 1. The molecule has 0 atom stereocenters. The molecule has 0 aromatic carbocycles. The van der Waals surface area contributed by atoms with Gasteiger partial charge in [0.1, 0.15) is 0 Å². The largest absolute Gasteiger partial charge is 0.324 e. The molecule has 20 heavy (non-hydrogen) atoms. The SMILES string of the molecule is O=C(Nc1nc2c(s1)CCCC2)c1ccc([N+](=O)[O-])s1. The highest BCUT2D eigenvalue weighted by Gasteiger charge is 2.19. The smallest absolute Gasteiger partial charge is 0.297 e. The lowest BCUT2D eigenvalue weighted by Gasteiger charge is -2.06. The fraction of sp³-hybridized carbons (Fsp3) is 0.333. The Hall–Kier alpha value is -1.80. The van der Waals surface area contributed by atoms with Gasteiger partial charge in [-0.25, -0.2) is 4.98 Å². The van der Waals surface area contributed by atoms with E-state index in [1.165, 1.54) is 34.8 Å². The van der Waals surface area contributed by atoms with Gasteiger partial charge in [-0.2, -0.15) is 0 Å². The third kappa shape index (κ3) is 2.56. The molecule has 2 aromatic heterocycles. The lowest BCUT2D eigenvalue weighted by atomic mass is 10.0. The number of thiazole rings is 1. The van der Waals surface area contributed by atoms with Crippen molar-refractivity contribution in [2.24, 2.45) is 0 Å². The van der Waals surface area contributed by atoms with Gasteiger partial charge in [-0.15, -0.1) is 11.3 Å². The summed E-state index contributed by atoms with van der Waals surface area (Å²) >= 11 is 2.37. The average Bonchev–Trinajstić information content (AvgIpc) is 3.04. The molecule has 1 N–H and O–H groups in total. The second-order valence-corrected chi connectivity index (χ2v) is 6.59. The van der Waals surface area contributed by atoms with Crippen LogP contribution in [0.1, 0.15) is 33.1 Å². The van der Waals surface area contributed by atoms with E-state index in [2.05, 4.69) is 10.3 Å². The first-order chi connectivity index (χ1) is 9.63. The predicted octanol–water partition coefficient (Wildman–Crippen LogP) is 3.24. The van der Waals surface area contributed by atoms with Crippen LogP contribution in [0, 0.1) is 10.1 Å². The maximum Gasteiger partial charge on any atom is 0.324 e. The van der Waals surface area contributed by atoms with Gasteiger partial charge < -0.3 is 0 Å². The summed E-state index contributed by atoms with van der Waals surface area (Å²) in [7, 11) is 0. The predicted molar refractivity (Wildman–Crippen MR) is 77.7 cm³/mol. The molecular weight excluding hydrogens is 298 g/mol. The van der Waals surface area contributed by atoms with E-state index in [1.807, 2.05) is 0 Å². The van der Waals surface area contributed by atoms with Gasteiger partial charge in [0, 0.05) is 10.9 Å². The Morgan fingerprint density at radius 2 is 2.10 bits per heavy atom. The Labute approximate surface area is 122 Å². The molecule has 8 heteroatoms. The summed E-state index contributed by atoms with van der Waals surface area (Å²) in [5.74, 6) is -0.339. The van der Waals surface area contributed by atoms with Gasteiger partial charge in [0.15, 0.2) is 5.13 Å². The van der Waals surface area contributed by atoms with E-state index in [-0.39, 0.29) is 10.9 Å². The van der Waals surface area contributed by atoms with E-state index in [0.717, 1.165) is 36.3 Å². The van der Waals surface area contributed by atoms with Crippen molar-refractivity contribution in [3.05, 3.63) is 37.7 Å². The Morgan fingerprint density at radius 3 is 2.80 bits per heavy atom. The molecule has 0 unspecified atom stereocenters. The normalized spacial score (nSPS) is 13.8. The van der Waals surface area contributed by atoms with Crippen molar-refractivity contribution < 1.29 is 9.72 Å².